The van der Waals surface area contributed by atoms with E-state index in [0.717, 1.165) is 0 Å². The van der Waals surface area contributed by atoms with E-state index in [0.29, 0.717) is 0 Å². The van der Waals surface area contributed by atoms with Crippen LogP contribution in [0.25, 0.3) is 76.3 Å². The highest BCUT2D eigenvalue weighted by Gasteiger charge is 2.17. The Labute approximate surface area is 184 Å². The van der Waals surface area contributed by atoms with E-state index >= 15 is 0 Å². The van der Waals surface area contributed by atoms with Crippen LogP contribution < -0.4 is 0 Å². The lowest BCUT2D eigenvalue weighted by Crippen LogP contribution is -1.89. The van der Waals surface area contributed by atoms with Gasteiger partial charge < -0.3 is 9.13 Å². The zero-order chi connectivity index (χ0) is 21.1. The van der Waals surface area contributed by atoms with Gasteiger partial charge in [0.25, 0.3) is 0 Å². The molecule has 0 amide bonds. The predicted octanol–water partition coefficient (Wildman–Crippen LogP) is 7.83. The van der Waals surface area contributed by atoms with Crippen LogP contribution in [0, 0.1) is 0 Å². The number of hydrogen-bond donors (Lipinski definition) is 0. The number of benzene rings is 6. The van der Waals surface area contributed by atoms with Gasteiger partial charge in [-0.3, -0.25) is 0 Å². The van der Waals surface area contributed by atoms with Crippen LogP contribution in [-0.2, 0) is 14.1 Å². The molecule has 0 fully saturated rings. The Bertz CT molecular complexity index is 1850. The molecule has 0 spiro atoms. The summed E-state index contributed by atoms with van der Waals surface area (Å²) in [5.74, 6) is 0. The number of hydrogen-bond acceptors (Lipinski definition) is 0. The van der Waals surface area contributed by atoms with Gasteiger partial charge in [0, 0.05) is 46.7 Å². The molecule has 0 bridgehead atoms. The highest BCUT2D eigenvalue weighted by atomic mass is 14.9. The van der Waals surface area contributed by atoms with Crippen molar-refractivity contribution in [2.75, 3.05) is 0 Å². The third-order valence-electron chi connectivity index (χ3n) is 7.61. The third-order valence-corrected chi connectivity index (χ3v) is 7.61. The third kappa shape index (κ3) is 1.83. The molecule has 6 aromatic carbocycles. The van der Waals surface area contributed by atoms with Gasteiger partial charge in [-0.1, -0.05) is 48.5 Å². The summed E-state index contributed by atoms with van der Waals surface area (Å²) in [5, 5.41) is 10.8. The minimum atomic E-state index is 1.27. The molecule has 0 saturated carbocycles. The molecule has 2 nitrogen and oxygen atoms in total. The van der Waals surface area contributed by atoms with E-state index < -0.39 is 0 Å². The molecule has 32 heavy (non-hydrogen) atoms. The fourth-order valence-electron chi connectivity index (χ4n) is 6.08. The first-order chi connectivity index (χ1) is 15.7. The summed E-state index contributed by atoms with van der Waals surface area (Å²) in [5.41, 5.74) is 7.74. The van der Waals surface area contributed by atoms with Gasteiger partial charge >= 0.3 is 0 Å². The van der Waals surface area contributed by atoms with Gasteiger partial charge in [0.05, 0.1) is 11.0 Å². The SMILES string of the molecule is Cn1c2cccc3ccc4cc(-c5cc6ccc7cccc8c7c6c(c5)n8C)cc1c4c32. The Hall–Kier alpha value is -4.04. The molecule has 2 heteroatoms. The number of rotatable bonds is 1. The molecule has 0 unspecified atom stereocenters. The molecule has 0 N–H and O–H groups in total. The minimum absolute atomic E-state index is 1.27. The number of aromatic nitrogens is 2. The van der Waals surface area contributed by atoms with E-state index in [1.807, 2.05) is 0 Å². The molecule has 8 aromatic rings. The summed E-state index contributed by atoms with van der Waals surface area (Å²) in [7, 11) is 4.38. The van der Waals surface area contributed by atoms with Crippen LogP contribution in [0.4, 0.5) is 0 Å². The van der Waals surface area contributed by atoms with Gasteiger partial charge in [-0.15, -0.1) is 0 Å². The number of nitrogens with zero attached hydrogens (tertiary/aromatic N) is 2. The molecular weight excluding hydrogens is 388 g/mol. The summed E-state index contributed by atoms with van der Waals surface area (Å²) in [6.07, 6.45) is 0. The molecule has 2 heterocycles. The highest BCUT2D eigenvalue weighted by molar-refractivity contribution is 6.26. The van der Waals surface area contributed by atoms with Crippen LogP contribution in [0.15, 0.2) is 84.9 Å². The average Bonchev–Trinajstić information content (AvgIpc) is 3.30. The second-order valence-electron chi connectivity index (χ2n) is 9.19. The van der Waals surface area contributed by atoms with E-state index in [9.17, 15) is 0 Å². The summed E-state index contributed by atoms with van der Waals surface area (Å²) >= 11 is 0. The Morgan fingerprint density at radius 2 is 0.812 bits per heavy atom. The lowest BCUT2D eigenvalue weighted by Gasteiger charge is -2.09. The van der Waals surface area contributed by atoms with Crippen molar-refractivity contribution in [3.8, 4) is 11.1 Å². The van der Waals surface area contributed by atoms with Crippen molar-refractivity contribution in [3.63, 3.8) is 0 Å². The second kappa shape index (κ2) is 5.41. The van der Waals surface area contributed by atoms with Gasteiger partial charge in [0.15, 0.2) is 0 Å². The molecule has 2 aromatic heterocycles. The monoisotopic (exact) mass is 408 g/mol. The van der Waals surface area contributed by atoms with Crippen molar-refractivity contribution in [2.24, 2.45) is 14.1 Å². The van der Waals surface area contributed by atoms with Gasteiger partial charge in [-0.2, -0.15) is 0 Å². The summed E-state index contributed by atoms with van der Waals surface area (Å²) < 4.78 is 4.69. The minimum Gasteiger partial charge on any atom is -0.344 e. The Morgan fingerprint density at radius 3 is 1.28 bits per heavy atom. The fourth-order valence-corrected chi connectivity index (χ4v) is 6.08. The van der Waals surface area contributed by atoms with Gasteiger partial charge in [-0.05, 0) is 69.1 Å². The first-order valence-corrected chi connectivity index (χ1v) is 11.2. The standard InChI is InChI=1S/C30H20N2/c1-31-23-7-3-5-17-9-11-19-13-21(15-25(31)29(19)27(17)23)22-14-20-12-10-18-6-4-8-24-28(18)30(20)26(16-22)32(24)2/h3-16H,1-2H3. The van der Waals surface area contributed by atoms with Crippen LogP contribution in [0.2, 0.25) is 0 Å². The van der Waals surface area contributed by atoms with Crippen molar-refractivity contribution < 1.29 is 0 Å². The zero-order valence-corrected chi connectivity index (χ0v) is 18.0. The average molecular weight is 409 g/mol. The van der Waals surface area contributed by atoms with E-state index in [4.69, 9.17) is 0 Å². The quantitative estimate of drug-likeness (QED) is 0.245. The van der Waals surface area contributed by atoms with Crippen LogP contribution in [0.5, 0.6) is 0 Å². The molecule has 150 valence electrons. The first-order valence-electron chi connectivity index (χ1n) is 11.2. The summed E-state index contributed by atoms with van der Waals surface area (Å²) in [4.78, 5) is 0. The first kappa shape index (κ1) is 16.6. The predicted molar refractivity (Wildman–Crippen MR) is 137 cm³/mol. The smallest absolute Gasteiger partial charge is 0.0501 e. The molecular formula is C30H20N2. The van der Waals surface area contributed by atoms with Crippen LogP contribution >= 0.6 is 0 Å². The lowest BCUT2D eigenvalue weighted by atomic mass is 9.95. The molecule has 0 aliphatic carbocycles. The van der Waals surface area contributed by atoms with Gasteiger partial charge in [0.1, 0.15) is 0 Å². The topological polar surface area (TPSA) is 9.86 Å². The molecule has 0 radical (unpaired) electrons. The van der Waals surface area contributed by atoms with E-state index in [-0.39, 0.29) is 0 Å². The van der Waals surface area contributed by atoms with Crippen molar-refractivity contribution in [1.82, 2.24) is 9.13 Å². The van der Waals surface area contributed by atoms with Crippen molar-refractivity contribution in [1.29, 1.82) is 0 Å². The Balaban J connectivity index is 1.50. The fraction of sp³-hybridized carbons (Fsp3) is 0.0667. The second-order valence-corrected chi connectivity index (χ2v) is 9.19. The molecule has 0 atom stereocenters. The summed E-state index contributed by atoms with van der Waals surface area (Å²) in [6, 6.07) is 31.8. The molecule has 0 saturated heterocycles. The zero-order valence-electron chi connectivity index (χ0n) is 18.0. The molecule has 0 aliphatic rings. The van der Waals surface area contributed by atoms with Crippen LogP contribution in [-0.4, -0.2) is 9.13 Å². The van der Waals surface area contributed by atoms with Crippen molar-refractivity contribution in [2.45, 2.75) is 0 Å². The number of aryl methyl sites for hydroxylation is 2. The molecule has 8 rings (SSSR count). The van der Waals surface area contributed by atoms with Crippen molar-refractivity contribution in [3.05, 3.63) is 84.9 Å². The van der Waals surface area contributed by atoms with Gasteiger partial charge in [0.2, 0.25) is 0 Å². The maximum Gasteiger partial charge on any atom is 0.0501 e. The van der Waals surface area contributed by atoms with E-state index in [1.165, 1.54) is 76.3 Å². The maximum absolute atomic E-state index is 2.37. The Kier molecular flexibility index (Phi) is 2.81. The molecule has 0 aliphatic heterocycles. The van der Waals surface area contributed by atoms with Crippen LogP contribution in [0.1, 0.15) is 0 Å². The largest absolute Gasteiger partial charge is 0.344 e. The van der Waals surface area contributed by atoms with Gasteiger partial charge in [-0.25, -0.2) is 0 Å². The van der Waals surface area contributed by atoms with Crippen LogP contribution in [0.3, 0.4) is 0 Å². The van der Waals surface area contributed by atoms with E-state index in [1.54, 1.807) is 0 Å². The normalized spacial score (nSPS) is 12.7. The maximum atomic E-state index is 2.37. The lowest BCUT2D eigenvalue weighted by molar-refractivity contribution is 1.01. The highest BCUT2D eigenvalue weighted by Crippen LogP contribution is 2.42. The van der Waals surface area contributed by atoms with Crippen molar-refractivity contribution >= 4 is 65.2 Å². The summed E-state index contributed by atoms with van der Waals surface area (Å²) in [6.45, 7) is 0. The van der Waals surface area contributed by atoms with E-state index in [2.05, 4.69) is 108 Å². The Morgan fingerprint density at radius 1 is 0.406 bits per heavy atom.